The molecule has 0 saturated heterocycles. The second-order valence-electron chi connectivity index (χ2n) is 3.05. The van der Waals surface area contributed by atoms with Gasteiger partial charge in [-0.3, -0.25) is 0 Å². The zero-order valence-corrected chi connectivity index (χ0v) is 8.02. The first-order chi connectivity index (χ1) is 5.33. The first-order valence-electron chi connectivity index (χ1n) is 3.86. The fourth-order valence-electron chi connectivity index (χ4n) is 1.61. The Labute approximate surface area is 74.1 Å². The molecule has 1 unspecified atom stereocenters. The molecule has 0 aromatic carbocycles. The van der Waals surface area contributed by atoms with Gasteiger partial charge >= 0.3 is 0 Å². The van der Waals surface area contributed by atoms with Crippen LogP contribution in [0.15, 0.2) is 4.52 Å². The van der Waals surface area contributed by atoms with Gasteiger partial charge in [-0.1, -0.05) is 28.0 Å². The van der Waals surface area contributed by atoms with Crippen LogP contribution in [0.25, 0.3) is 0 Å². The minimum atomic E-state index is 0.574. The molecule has 0 saturated carbocycles. The molecule has 0 N–H and O–H groups in total. The lowest BCUT2D eigenvalue weighted by Crippen LogP contribution is -1.83. The Bertz CT molecular complexity index is 269. The van der Waals surface area contributed by atoms with Gasteiger partial charge in [-0.05, 0) is 12.8 Å². The molecule has 0 radical (unpaired) electrons. The van der Waals surface area contributed by atoms with Crippen molar-refractivity contribution in [3.8, 4) is 0 Å². The molecule has 0 bridgehead atoms. The minimum absolute atomic E-state index is 0.574. The third-order valence-corrected chi connectivity index (χ3v) is 2.83. The second-order valence-corrected chi connectivity index (χ2v) is 3.61. The standard InChI is InChI=1S/C8H10BrNO/c1-5-2-3-6-7(4-9)10-11-8(5)6/h5H,2-4H2,1H3. The van der Waals surface area contributed by atoms with Gasteiger partial charge in [0.2, 0.25) is 0 Å². The Morgan fingerprint density at radius 3 is 3.27 bits per heavy atom. The third kappa shape index (κ3) is 1.02. The molecule has 60 valence electrons. The van der Waals surface area contributed by atoms with Crippen molar-refractivity contribution in [3.63, 3.8) is 0 Å². The Morgan fingerprint density at radius 1 is 1.73 bits per heavy atom. The van der Waals surface area contributed by atoms with E-state index in [0.717, 1.165) is 23.2 Å². The summed E-state index contributed by atoms with van der Waals surface area (Å²) in [5, 5.41) is 4.80. The van der Waals surface area contributed by atoms with E-state index in [1.807, 2.05) is 0 Å². The van der Waals surface area contributed by atoms with E-state index >= 15 is 0 Å². The number of hydrogen-bond acceptors (Lipinski definition) is 2. The molecule has 3 heteroatoms. The summed E-state index contributed by atoms with van der Waals surface area (Å²) in [7, 11) is 0. The second kappa shape index (κ2) is 2.63. The molecule has 1 aliphatic carbocycles. The largest absolute Gasteiger partial charge is 0.361 e. The van der Waals surface area contributed by atoms with E-state index in [9.17, 15) is 0 Å². The number of alkyl halides is 1. The molecule has 1 aromatic heterocycles. The number of halogens is 1. The molecule has 0 amide bonds. The van der Waals surface area contributed by atoms with Gasteiger partial charge in [0.25, 0.3) is 0 Å². The van der Waals surface area contributed by atoms with Crippen LogP contribution in [0.2, 0.25) is 0 Å². The van der Waals surface area contributed by atoms with Crippen LogP contribution < -0.4 is 0 Å². The average Bonchev–Trinajstić information content (AvgIpc) is 2.53. The summed E-state index contributed by atoms with van der Waals surface area (Å²) in [4.78, 5) is 0. The minimum Gasteiger partial charge on any atom is -0.361 e. The molecule has 1 heterocycles. The maximum absolute atomic E-state index is 5.23. The molecular weight excluding hydrogens is 206 g/mol. The van der Waals surface area contributed by atoms with Gasteiger partial charge in [-0.2, -0.15) is 0 Å². The fourth-order valence-corrected chi connectivity index (χ4v) is 2.05. The van der Waals surface area contributed by atoms with Gasteiger partial charge < -0.3 is 4.52 Å². The predicted molar refractivity (Wildman–Crippen MR) is 45.9 cm³/mol. The summed E-state index contributed by atoms with van der Waals surface area (Å²) in [6.45, 7) is 2.19. The number of nitrogens with zero attached hydrogens (tertiary/aromatic N) is 1. The van der Waals surface area contributed by atoms with Crippen LogP contribution in [0.5, 0.6) is 0 Å². The molecule has 1 atom stereocenters. The van der Waals surface area contributed by atoms with E-state index in [2.05, 4.69) is 28.0 Å². The van der Waals surface area contributed by atoms with Crippen molar-refractivity contribution in [2.24, 2.45) is 0 Å². The van der Waals surface area contributed by atoms with Crippen LogP contribution in [-0.2, 0) is 11.8 Å². The Morgan fingerprint density at radius 2 is 2.55 bits per heavy atom. The highest BCUT2D eigenvalue weighted by Gasteiger charge is 2.26. The van der Waals surface area contributed by atoms with Crippen molar-refractivity contribution in [1.82, 2.24) is 5.16 Å². The SMILES string of the molecule is CC1CCc2c(CBr)noc21. The number of fused-ring (bicyclic) bond motifs is 1. The molecule has 2 rings (SSSR count). The predicted octanol–water partition coefficient (Wildman–Crippen LogP) is 2.62. The summed E-state index contributed by atoms with van der Waals surface area (Å²) in [6.07, 6.45) is 2.36. The van der Waals surface area contributed by atoms with E-state index in [1.54, 1.807) is 0 Å². The number of hydrogen-bond donors (Lipinski definition) is 0. The van der Waals surface area contributed by atoms with E-state index in [1.165, 1.54) is 12.0 Å². The zero-order chi connectivity index (χ0) is 7.84. The van der Waals surface area contributed by atoms with E-state index in [4.69, 9.17) is 4.52 Å². The molecule has 0 spiro atoms. The molecule has 1 aliphatic rings. The molecule has 2 nitrogen and oxygen atoms in total. The Balaban J connectivity index is 2.44. The van der Waals surface area contributed by atoms with Crippen LogP contribution in [-0.4, -0.2) is 5.16 Å². The Hall–Kier alpha value is -0.310. The lowest BCUT2D eigenvalue weighted by molar-refractivity contribution is 0.365. The quantitative estimate of drug-likeness (QED) is 0.674. The van der Waals surface area contributed by atoms with E-state index in [0.29, 0.717) is 5.92 Å². The normalized spacial score (nSPS) is 22.2. The third-order valence-electron chi connectivity index (χ3n) is 2.30. The van der Waals surface area contributed by atoms with Crippen molar-refractivity contribution in [3.05, 3.63) is 17.0 Å². The van der Waals surface area contributed by atoms with Crippen LogP contribution in [0, 0.1) is 0 Å². The summed E-state index contributed by atoms with van der Waals surface area (Å²) < 4.78 is 5.23. The fraction of sp³-hybridized carbons (Fsp3) is 0.625. The van der Waals surface area contributed by atoms with Crippen LogP contribution in [0.3, 0.4) is 0 Å². The van der Waals surface area contributed by atoms with Crippen molar-refractivity contribution < 1.29 is 4.52 Å². The summed E-state index contributed by atoms with van der Waals surface area (Å²) in [6, 6.07) is 0. The van der Waals surface area contributed by atoms with Gasteiger partial charge in [0.05, 0.1) is 5.69 Å². The summed E-state index contributed by atoms with van der Waals surface area (Å²) in [5.74, 6) is 1.68. The molecule has 1 aromatic rings. The topological polar surface area (TPSA) is 26.0 Å². The Kier molecular flexibility index (Phi) is 1.75. The molecule has 11 heavy (non-hydrogen) atoms. The lowest BCUT2D eigenvalue weighted by Gasteiger charge is -1.93. The maximum Gasteiger partial charge on any atom is 0.143 e. The highest BCUT2D eigenvalue weighted by atomic mass is 79.9. The van der Waals surface area contributed by atoms with Gasteiger partial charge in [0, 0.05) is 16.8 Å². The number of aromatic nitrogens is 1. The summed E-state index contributed by atoms with van der Waals surface area (Å²) in [5.41, 5.74) is 2.43. The van der Waals surface area contributed by atoms with E-state index < -0.39 is 0 Å². The van der Waals surface area contributed by atoms with Gasteiger partial charge in [0.15, 0.2) is 0 Å². The van der Waals surface area contributed by atoms with Crippen molar-refractivity contribution in [2.45, 2.75) is 31.0 Å². The zero-order valence-electron chi connectivity index (χ0n) is 6.43. The molecular formula is C8H10BrNO. The molecule has 0 aliphatic heterocycles. The van der Waals surface area contributed by atoms with Crippen molar-refractivity contribution in [1.29, 1.82) is 0 Å². The highest BCUT2D eigenvalue weighted by Crippen LogP contribution is 2.34. The van der Waals surface area contributed by atoms with Crippen LogP contribution >= 0.6 is 15.9 Å². The highest BCUT2D eigenvalue weighted by molar-refractivity contribution is 9.08. The molecule has 0 fully saturated rings. The first kappa shape index (κ1) is 7.35. The lowest BCUT2D eigenvalue weighted by atomic mass is 10.1. The van der Waals surface area contributed by atoms with Crippen LogP contribution in [0.1, 0.15) is 36.3 Å². The van der Waals surface area contributed by atoms with Gasteiger partial charge in [-0.25, -0.2) is 0 Å². The maximum atomic E-state index is 5.23. The van der Waals surface area contributed by atoms with Gasteiger partial charge in [-0.15, -0.1) is 0 Å². The smallest absolute Gasteiger partial charge is 0.143 e. The van der Waals surface area contributed by atoms with Crippen molar-refractivity contribution in [2.75, 3.05) is 0 Å². The van der Waals surface area contributed by atoms with Crippen molar-refractivity contribution >= 4 is 15.9 Å². The summed E-state index contributed by atoms with van der Waals surface area (Å²) >= 11 is 3.39. The number of rotatable bonds is 1. The van der Waals surface area contributed by atoms with Gasteiger partial charge in [0.1, 0.15) is 5.76 Å². The van der Waals surface area contributed by atoms with Crippen LogP contribution in [0.4, 0.5) is 0 Å². The average molecular weight is 216 g/mol. The monoisotopic (exact) mass is 215 g/mol. The van der Waals surface area contributed by atoms with E-state index in [-0.39, 0.29) is 0 Å². The first-order valence-corrected chi connectivity index (χ1v) is 4.98.